The largest absolute Gasteiger partial charge is 0.491 e. The summed E-state index contributed by atoms with van der Waals surface area (Å²) in [4.78, 5) is 2.55. The Balaban J connectivity index is 1.99. The smallest absolute Gasteiger partial charge is 0.122 e. The minimum absolute atomic E-state index is 0.236. The second-order valence-corrected chi connectivity index (χ2v) is 5.98. The van der Waals surface area contributed by atoms with Crippen molar-refractivity contribution in [1.82, 2.24) is 10.2 Å². The predicted molar refractivity (Wildman–Crippen MR) is 84.7 cm³/mol. The highest BCUT2D eigenvalue weighted by Gasteiger charge is 2.12. The maximum absolute atomic E-state index is 5.86. The van der Waals surface area contributed by atoms with Crippen LogP contribution in [-0.4, -0.2) is 43.7 Å². The number of hydrogen-bond donors (Lipinski definition) is 1. The van der Waals surface area contributed by atoms with Crippen LogP contribution in [0.25, 0.3) is 0 Å². The predicted octanol–water partition coefficient (Wildman–Crippen LogP) is 2.54. The van der Waals surface area contributed by atoms with Crippen molar-refractivity contribution in [1.29, 1.82) is 0 Å². The molecule has 0 radical (unpaired) electrons. The van der Waals surface area contributed by atoms with Crippen molar-refractivity contribution in [2.24, 2.45) is 0 Å². The van der Waals surface area contributed by atoms with E-state index in [0.717, 1.165) is 31.8 Å². The molecule has 0 unspecified atom stereocenters. The van der Waals surface area contributed by atoms with E-state index in [1.54, 1.807) is 0 Å². The van der Waals surface area contributed by atoms with Gasteiger partial charge in [0.1, 0.15) is 5.75 Å². The number of ether oxygens (including phenoxy) is 1. The first-order chi connectivity index (χ1) is 9.58. The molecule has 2 rings (SSSR count). The van der Waals surface area contributed by atoms with Gasteiger partial charge in [0, 0.05) is 32.7 Å². The summed E-state index contributed by atoms with van der Waals surface area (Å²) in [5.74, 6) is 1.03. The van der Waals surface area contributed by atoms with Crippen molar-refractivity contribution >= 4 is 0 Å². The molecule has 3 nitrogen and oxygen atoms in total. The minimum atomic E-state index is 0.236. The normalized spacial score (nSPS) is 16.6. The molecular weight excluding hydrogens is 248 g/mol. The molecule has 3 heteroatoms. The first kappa shape index (κ1) is 15.3. The lowest BCUT2D eigenvalue weighted by Crippen LogP contribution is -2.44. The monoisotopic (exact) mass is 276 g/mol. The van der Waals surface area contributed by atoms with Crippen molar-refractivity contribution in [3.63, 3.8) is 0 Å². The van der Waals surface area contributed by atoms with Crippen LogP contribution < -0.4 is 10.1 Å². The van der Waals surface area contributed by atoms with E-state index in [-0.39, 0.29) is 6.10 Å². The summed E-state index contributed by atoms with van der Waals surface area (Å²) < 4.78 is 5.86. The van der Waals surface area contributed by atoms with Crippen LogP contribution in [0.5, 0.6) is 5.75 Å². The van der Waals surface area contributed by atoms with E-state index in [1.807, 2.05) is 0 Å². The van der Waals surface area contributed by atoms with Gasteiger partial charge in [-0.2, -0.15) is 0 Å². The number of nitrogens with one attached hydrogen (secondary N) is 1. The molecule has 0 saturated carbocycles. The van der Waals surface area contributed by atoms with Gasteiger partial charge in [-0.3, -0.25) is 0 Å². The quantitative estimate of drug-likeness (QED) is 0.894. The first-order valence-corrected chi connectivity index (χ1v) is 7.76. The molecule has 1 aliphatic heterocycles. The molecule has 0 amide bonds. The third-order valence-electron chi connectivity index (χ3n) is 4.12. The van der Waals surface area contributed by atoms with Crippen LogP contribution >= 0.6 is 0 Å². The van der Waals surface area contributed by atoms with Crippen LogP contribution in [0, 0.1) is 13.8 Å². The van der Waals surface area contributed by atoms with Crippen LogP contribution in [0.1, 0.15) is 30.5 Å². The summed E-state index contributed by atoms with van der Waals surface area (Å²) in [5, 5.41) is 3.40. The molecule has 1 aliphatic rings. The Morgan fingerprint density at radius 3 is 2.50 bits per heavy atom. The summed E-state index contributed by atoms with van der Waals surface area (Å²) in [6.45, 7) is 14.3. The highest BCUT2D eigenvalue weighted by molar-refractivity contribution is 5.43. The van der Waals surface area contributed by atoms with Crippen LogP contribution in [0.15, 0.2) is 12.1 Å². The zero-order chi connectivity index (χ0) is 14.5. The highest BCUT2D eigenvalue weighted by atomic mass is 16.5. The number of rotatable bonds is 5. The highest BCUT2D eigenvalue weighted by Crippen LogP contribution is 2.25. The van der Waals surface area contributed by atoms with E-state index in [4.69, 9.17) is 4.74 Å². The van der Waals surface area contributed by atoms with Gasteiger partial charge in [0.25, 0.3) is 0 Å². The molecule has 0 spiro atoms. The van der Waals surface area contributed by atoms with Gasteiger partial charge in [-0.25, -0.2) is 0 Å². The number of hydrogen-bond acceptors (Lipinski definition) is 3. The van der Waals surface area contributed by atoms with Crippen molar-refractivity contribution in [3.8, 4) is 5.75 Å². The molecular formula is C17H28N2O. The summed E-state index contributed by atoms with van der Waals surface area (Å²) in [7, 11) is 0. The van der Waals surface area contributed by atoms with Crippen molar-refractivity contribution < 1.29 is 4.74 Å². The van der Waals surface area contributed by atoms with Gasteiger partial charge in [0.05, 0.1) is 6.10 Å². The van der Waals surface area contributed by atoms with Crippen molar-refractivity contribution in [3.05, 3.63) is 28.8 Å². The van der Waals surface area contributed by atoms with E-state index >= 15 is 0 Å². The first-order valence-electron chi connectivity index (χ1n) is 7.76. The Hall–Kier alpha value is -1.06. The summed E-state index contributed by atoms with van der Waals surface area (Å²) in [6, 6.07) is 4.37. The van der Waals surface area contributed by atoms with Crippen LogP contribution in [0.4, 0.5) is 0 Å². The molecule has 1 fully saturated rings. The van der Waals surface area contributed by atoms with E-state index in [9.17, 15) is 0 Å². The van der Waals surface area contributed by atoms with E-state index in [2.05, 4.69) is 50.0 Å². The molecule has 1 aromatic carbocycles. The zero-order valence-corrected chi connectivity index (χ0v) is 13.3. The SMILES string of the molecule is Cc1c(CCN2CCNCC2)ccc(OC(C)C)c1C. The minimum Gasteiger partial charge on any atom is -0.491 e. The molecule has 20 heavy (non-hydrogen) atoms. The summed E-state index contributed by atoms with van der Waals surface area (Å²) >= 11 is 0. The lowest BCUT2D eigenvalue weighted by atomic mass is 9.99. The summed E-state index contributed by atoms with van der Waals surface area (Å²) in [6.07, 6.45) is 1.37. The van der Waals surface area contributed by atoms with Crippen molar-refractivity contribution in [2.75, 3.05) is 32.7 Å². The Morgan fingerprint density at radius 1 is 1.15 bits per heavy atom. The van der Waals surface area contributed by atoms with E-state index in [0.29, 0.717) is 0 Å². The van der Waals surface area contributed by atoms with E-state index in [1.165, 1.54) is 29.8 Å². The standard InChI is InChI=1S/C17H28N2O/c1-13(2)20-17-6-5-16(14(3)15(17)4)7-10-19-11-8-18-9-12-19/h5-6,13,18H,7-12H2,1-4H3. The molecule has 1 heterocycles. The zero-order valence-electron chi connectivity index (χ0n) is 13.3. The second-order valence-electron chi connectivity index (χ2n) is 5.98. The van der Waals surface area contributed by atoms with Gasteiger partial charge >= 0.3 is 0 Å². The van der Waals surface area contributed by atoms with Gasteiger partial charge in [-0.05, 0) is 56.9 Å². The molecule has 0 bridgehead atoms. The van der Waals surface area contributed by atoms with Gasteiger partial charge in [-0.1, -0.05) is 6.07 Å². The molecule has 0 aliphatic carbocycles. The lowest BCUT2D eigenvalue weighted by Gasteiger charge is -2.27. The van der Waals surface area contributed by atoms with Crippen LogP contribution in [0.2, 0.25) is 0 Å². The van der Waals surface area contributed by atoms with Gasteiger partial charge in [0.2, 0.25) is 0 Å². The van der Waals surface area contributed by atoms with Gasteiger partial charge in [-0.15, -0.1) is 0 Å². The van der Waals surface area contributed by atoms with Gasteiger partial charge in [0.15, 0.2) is 0 Å². The molecule has 1 aromatic rings. The number of nitrogens with zero attached hydrogens (tertiary/aromatic N) is 1. The van der Waals surface area contributed by atoms with Crippen molar-refractivity contribution in [2.45, 2.75) is 40.2 Å². The fourth-order valence-corrected chi connectivity index (χ4v) is 2.72. The third kappa shape index (κ3) is 3.97. The maximum atomic E-state index is 5.86. The summed E-state index contributed by atoms with van der Waals surface area (Å²) in [5.41, 5.74) is 4.13. The molecule has 112 valence electrons. The lowest BCUT2D eigenvalue weighted by molar-refractivity contribution is 0.239. The number of piperazine rings is 1. The Kier molecular flexibility index (Phi) is 5.44. The Labute approximate surface area is 123 Å². The van der Waals surface area contributed by atoms with E-state index < -0.39 is 0 Å². The Morgan fingerprint density at radius 2 is 1.85 bits per heavy atom. The fraction of sp³-hybridized carbons (Fsp3) is 0.647. The molecule has 1 N–H and O–H groups in total. The maximum Gasteiger partial charge on any atom is 0.122 e. The van der Waals surface area contributed by atoms with Gasteiger partial charge < -0.3 is 15.0 Å². The van der Waals surface area contributed by atoms with Crippen LogP contribution in [-0.2, 0) is 6.42 Å². The molecule has 1 saturated heterocycles. The Bertz CT molecular complexity index is 437. The van der Waals surface area contributed by atoms with Crippen LogP contribution in [0.3, 0.4) is 0 Å². The molecule has 0 atom stereocenters. The molecule has 0 aromatic heterocycles. The third-order valence-corrected chi connectivity index (χ3v) is 4.12. The average Bonchev–Trinajstić information content (AvgIpc) is 2.44. The fourth-order valence-electron chi connectivity index (χ4n) is 2.72. The second kappa shape index (κ2) is 7.09. The topological polar surface area (TPSA) is 24.5 Å². The number of benzene rings is 1. The average molecular weight is 276 g/mol.